The predicted octanol–water partition coefficient (Wildman–Crippen LogP) is 1.73. The van der Waals surface area contributed by atoms with E-state index in [0.717, 1.165) is 6.42 Å². The summed E-state index contributed by atoms with van der Waals surface area (Å²) in [6.45, 7) is 5.88. The van der Waals surface area contributed by atoms with Gasteiger partial charge in [0.15, 0.2) is 0 Å². The lowest BCUT2D eigenvalue weighted by molar-refractivity contribution is 0.621. The summed E-state index contributed by atoms with van der Waals surface area (Å²) in [5, 5.41) is 0. The lowest BCUT2D eigenvalue weighted by Crippen LogP contribution is -2.14. The molecule has 0 aliphatic carbocycles. The molecule has 0 aliphatic heterocycles. The van der Waals surface area contributed by atoms with Crippen LogP contribution in [0.3, 0.4) is 0 Å². The quantitative estimate of drug-likeness (QED) is 0.437. The van der Waals surface area contributed by atoms with E-state index in [1.165, 1.54) is 19.3 Å². The van der Waals surface area contributed by atoms with Crippen molar-refractivity contribution >= 4 is 0 Å². The minimum atomic E-state index is 0.154. The van der Waals surface area contributed by atoms with E-state index in [9.17, 15) is 0 Å². The Bertz CT molecular complexity index is 41.7. The van der Waals surface area contributed by atoms with E-state index in [2.05, 4.69) is 13.8 Å². The van der Waals surface area contributed by atoms with Crippen LogP contribution in [0.1, 0.15) is 32.6 Å². The molecule has 0 bridgehead atoms. The first-order valence-electron chi connectivity index (χ1n) is 3.36. The van der Waals surface area contributed by atoms with Gasteiger partial charge in [-0.05, 0) is 6.42 Å². The summed E-state index contributed by atoms with van der Waals surface area (Å²) in [4.78, 5) is 0. The van der Waals surface area contributed by atoms with Crippen molar-refractivity contribution in [1.29, 1.82) is 0 Å². The average molecular weight is 114 g/mol. The Balaban J connectivity index is 2.72. The zero-order valence-electron chi connectivity index (χ0n) is 5.69. The summed E-state index contributed by atoms with van der Waals surface area (Å²) >= 11 is 0. The number of rotatable bonds is 4. The van der Waals surface area contributed by atoms with Gasteiger partial charge in [0.25, 0.3) is 0 Å². The van der Waals surface area contributed by atoms with Crippen molar-refractivity contribution in [3.63, 3.8) is 0 Å². The lowest BCUT2D eigenvalue weighted by atomic mass is 10.1. The van der Waals surface area contributed by atoms with Crippen LogP contribution in [0.15, 0.2) is 0 Å². The van der Waals surface area contributed by atoms with Crippen LogP contribution < -0.4 is 5.73 Å². The highest BCUT2D eigenvalue weighted by Crippen LogP contribution is 1.99. The first-order chi connectivity index (χ1) is 3.77. The van der Waals surface area contributed by atoms with E-state index in [-0.39, 0.29) is 6.04 Å². The predicted molar refractivity (Wildman–Crippen MR) is 37.5 cm³/mol. The normalized spacial score (nSPS) is 13.8. The minimum absolute atomic E-state index is 0.154. The fourth-order valence-electron chi connectivity index (χ4n) is 0.657. The number of unbranched alkanes of at least 4 members (excludes halogenated alkanes) is 2. The molecule has 2 N–H and O–H groups in total. The molecule has 0 spiro atoms. The van der Waals surface area contributed by atoms with Crippen molar-refractivity contribution in [2.45, 2.75) is 38.6 Å². The summed E-state index contributed by atoms with van der Waals surface area (Å²) in [5.41, 5.74) is 5.42. The monoisotopic (exact) mass is 114 g/mol. The molecule has 0 aromatic rings. The highest BCUT2D eigenvalue weighted by molar-refractivity contribution is 4.61. The van der Waals surface area contributed by atoms with Crippen LogP contribution in [0.25, 0.3) is 0 Å². The van der Waals surface area contributed by atoms with Gasteiger partial charge in [-0.2, -0.15) is 0 Å². The smallest absolute Gasteiger partial charge is 0.144 e. The maximum atomic E-state index is 5.42. The van der Waals surface area contributed by atoms with Crippen LogP contribution >= 0.6 is 0 Å². The minimum Gasteiger partial charge on any atom is -0.291 e. The number of hydrogen-bond acceptors (Lipinski definition) is 1. The van der Waals surface area contributed by atoms with E-state index in [0.29, 0.717) is 0 Å². The molecule has 0 radical (unpaired) electrons. The van der Waals surface area contributed by atoms with Crippen molar-refractivity contribution < 1.29 is 0 Å². The zero-order chi connectivity index (χ0) is 6.41. The van der Waals surface area contributed by atoms with E-state index in [1.807, 2.05) is 0 Å². The fraction of sp³-hybridized carbons (Fsp3) is 0.857. The summed E-state index contributed by atoms with van der Waals surface area (Å²) in [7, 11) is 0. The van der Waals surface area contributed by atoms with Gasteiger partial charge >= 0.3 is 0 Å². The fourth-order valence-corrected chi connectivity index (χ4v) is 0.657. The Hall–Kier alpha value is -0.170. The third kappa shape index (κ3) is 5.83. The van der Waals surface area contributed by atoms with Gasteiger partial charge < -0.3 is 0 Å². The molecule has 1 nitrogen and oxygen atoms in total. The molecule has 0 aromatic carbocycles. The Morgan fingerprint density at radius 2 is 2.12 bits per heavy atom. The first kappa shape index (κ1) is 7.83. The summed E-state index contributed by atoms with van der Waals surface area (Å²) in [6, 6.07) is 0.154. The second-order valence-electron chi connectivity index (χ2n) is 2.26. The van der Waals surface area contributed by atoms with Gasteiger partial charge in [0, 0.05) is 6.42 Å². The van der Waals surface area contributed by atoms with Gasteiger partial charge in [-0.25, -0.2) is 0 Å². The molecule has 0 aliphatic rings. The Kier molecular flexibility index (Phi) is 4.87. The van der Waals surface area contributed by atoms with Crippen LogP contribution in [0, 0.1) is 6.92 Å². The molecule has 0 amide bonds. The number of hydrogen-bond donors (Lipinski definition) is 1. The maximum absolute atomic E-state index is 5.42. The molecule has 8 heavy (non-hydrogen) atoms. The van der Waals surface area contributed by atoms with Crippen molar-refractivity contribution in [3.05, 3.63) is 6.92 Å². The zero-order valence-corrected chi connectivity index (χ0v) is 5.69. The second-order valence-corrected chi connectivity index (χ2v) is 2.26. The molecule has 0 saturated heterocycles. The van der Waals surface area contributed by atoms with Crippen molar-refractivity contribution in [3.8, 4) is 0 Å². The van der Waals surface area contributed by atoms with Crippen molar-refractivity contribution in [2.75, 3.05) is 0 Å². The molecular weight excluding hydrogens is 98.1 g/mol. The molecule has 48 valence electrons. The maximum Gasteiger partial charge on any atom is 0.144 e. The van der Waals surface area contributed by atoms with Crippen LogP contribution in [0.2, 0.25) is 0 Å². The standard InChI is InChI=1S/C7H16N/c1-3-4-5-6-7(2)8/h7H,2-6,8H2,1H3/q+1. The van der Waals surface area contributed by atoms with Gasteiger partial charge in [-0.1, -0.05) is 19.8 Å². The van der Waals surface area contributed by atoms with Gasteiger partial charge in [-0.3, -0.25) is 5.73 Å². The largest absolute Gasteiger partial charge is 0.291 e. The molecule has 0 heterocycles. The summed E-state index contributed by atoms with van der Waals surface area (Å²) in [5.74, 6) is 0. The molecule has 1 atom stereocenters. The third-order valence-corrected chi connectivity index (χ3v) is 1.18. The highest BCUT2D eigenvalue weighted by Gasteiger charge is 1.97. The number of nitrogens with two attached hydrogens (primary N) is 1. The van der Waals surface area contributed by atoms with E-state index < -0.39 is 0 Å². The van der Waals surface area contributed by atoms with Gasteiger partial charge in [-0.15, -0.1) is 0 Å². The van der Waals surface area contributed by atoms with Crippen molar-refractivity contribution in [2.24, 2.45) is 5.73 Å². The van der Waals surface area contributed by atoms with Crippen LogP contribution in [0.5, 0.6) is 0 Å². The molecule has 1 heteroatoms. The SMILES string of the molecule is [CH2+]C(N)CCCCC. The summed E-state index contributed by atoms with van der Waals surface area (Å²) < 4.78 is 0. The highest BCUT2D eigenvalue weighted by atomic mass is 14.6. The summed E-state index contributed by atoms with van der Waals surface area (Å²) in [6.07, 6.45) is 4.88. The van der Waals surface area contributed by atoms with E-state index in [4.69, 9.17) is 5.73 Å². The van der Waals surface area contributed by atoms with Crippen LogP contribution in [-0.2, 0) is 0 Å². The molecule has 0 rings (SSSR count). The third-order valence-electron chi connectivity index (χ3n) is 1.18. The molecule has 0 saturated carbocycles. The van der Waals surface area contributed by atoms with Gasteiger partial charge in [0.05, 0.1) is 6.92 Å². The Morgan fingerprint density at radius 3 is 2.50 bits per heavy atom. The first-order valence-corrected chi connectivity index (χ1v) is 3.36. The molecule has 0 aromatic heterocycles. The molecule has 0 fully saturated rings. The van der Waals surface area contributed by atoms with Crippen LogP contribution in [0.4, 0.5) is 0 Å². The van der Waals surface area contributed by atoms with Gasteiger partial charge in [0.2, 0.25) is 0 Å². The topological polar surface area (TPSA) is 26.0 Å². The average Bonchev–Trinajstić information content (AvgIpc) is 1.66. The second kappa shape index (κ2) is 4.98. The molecular formula is C7H16N+. The molecule has 1 unspecified atom stereocenters. The van der Waals surface area contributed by atoms with E-state index in [1.54, 1.807) is 0 Å². The Labute approximate surface area is 52.3 Å². The van der Waals surface area contributed by atoms with Gasteiger partial charge in [0.1, 0.15) is 6.04 Å². The van der Waals surface area contributed by atoms with Crippen molar-refractivity contribution in [1.82, 2.24) is 0 Å². The van der Waals surface area contributed by atoms with E-state index >= 15 is 0 Å². The Morgan fingerprint density at radius 1 is 1.50 bits per heavy atom. The lowest BCUT2D eigenvalue weighted by Gasteiger charge is -1.95. The van der Waals surface area contributed by atoms with Crippen LogP contribution in [-0.4, -0.2) is 6.04 Å².